The molecule has 0 saturated carbocycles. The average Bonchev–Trinajstić information content (AvgIpc) is 2.69. The zero-order valence-electron chi connectivity index (χ0n) is 15.2. The van der Waals surface area contributed by atoms with Gasteiger partial charge in [-0.1, -0.05) is 12.1 Å². The molecule has 3 rings (SSSR count). The van der Waals surface area contributed by atoms with Gasteiger partial charge in [-0.05, 0) is 57.2 Å². The van der Waals surface area contributed by atoms with Crippen LogP contribution in [0.25, 0.3) is 0 Å². The van der Waals surface area contributed by atoms with Gasteiger partial charge in [0.1, 0.15) is 4.60 Å². The van der Waals surface area contributed by atoms with Crippen molar-refractivity contribution in [3.8, 4) is 11.5 Å². The van der Waals surface area contributed by atoms with Crippen LogP contribution in [0.4, 0.5) is 17.6 Å². The van der Waals surface area contributed by atoms with E-state index in [1.165, 1.54) is 24.5 Å². The highest BCUT2D eigenvalue weighted by atomic mass is 79.9. The highest BCUT2D eigenvalue weighted by Crippen LogP contribution is 2.36. The van der Waals surface area contributed by atoms with Gasteiger partial charge in [-0.15, -0.1) is 0 Å². The largest absolute Gasteiger partial charge is 0.619 e. The third kappa shape index (κ3) is 5.82. The first kappa shape index (κ1) is 21.8. The second-order valence-corrected chi connectivity index (χ2v) is 7.01. The van der Waals surface area contributed by atoms with Crippen molar-refractivity contribution in [2.45, 2.75) is 25.6 Å². The lowest BCUT2D eigenvalue weighted by atomic mass is 9.87. The van der Waals surface area contributed by atoms with Crippen molar-refractivity contribution < 1.29 is 31.8 Å². The number of hydrogen-bond donors (Lipinski definition) is 0. The number of rotatable bonds is 8. The Balaban J connectivity index is 2.02. The SMILES string of the molecule is [O-][n+]1ccc(CC(c2ccc(Br)nc2)c2ccc(OC(F)F)c(OC(F)F)c2)cc1. The van der Waals surface area contributed by atoms with Crippen LogP contribution in [0, 0.1) is 5.21 Å². The molecule has 0 aliphatic heterocycles. The van der Waals surface area contributed by atoms with E-state index in [0.29, 0.717) is 21.3 Å². The second kappa shape index (κ2) is 9.75. The normalized spacial score (nSPS) is 12.2. The average molecular weight is 487 g/mol. The Labute approximate surface area is 177 Å². The molecular weight excluding hydrogens is 472 g/mol. The molecule has 0 radical (unpaired) electrons. The molecule has 0 amide bonds. The van der Waals surface area contributed by atoms with E-state index in [0.717, 1.165) is 17.2 Å². The van der Waals surface area contributed by atoms with Gasteiger partial charge in [-0.2, -0.15) is 22.3 Å². The van der Waals surface area contributed by atoms with Crippen LogP contribution < -0.4 is 14.2 Å². The number of nitrogens with zero attached hydrogens (tertiary/aromatic N) is 2. The van der Waals surface area contributed by atoms with Crippen LogP contribution in [-0.2, 0) is 6.42 Å². The molecule has 2 heterocycles. The Hall–Kier alpha value is -2.88. The van der Waals surface area contributed by atoms with Gasteiger partial charge in [0.25, 0.3) is 0 Å². The molecule has 158 valence electrons. The number of pyridine rings is 2. The number of ether oxygens (including phenoxy) is 2. The summed E-state index contributed by atoms with van der Waals surface area (Å²) < 4.78 is 60.8. The third-order valence-electron chi connectivity index (χ3n) is 4.27. The van der Waals surface area contributed by atoms with E-state index < -0.39 is 24.7 Å². The van der Waals surface area contributed by atoms with E-state index in [2.05, 4.69) is 30.4 Å². The highest BCUT2D eigenvalue weighted by Gasteiger charge is 2.21. The maximum Gasteiger partial charge on any atom is 0.387 e. The molecule has 0 spiro atoms. The first-order chi connectivity index (χ1) is 14.3. The van der Waals surface area contributed by atoms with Crippen LogP contribution >= 0.6 is 15.9 Å². The Kier molecular flexibility index (Phi) is 7.09. The maximum atomic E-state index is 12.8. The summed E-state index contributed by atoms with van der Waals surface area (Å²) in [5.41, 5.74) is 2.08. The summed E-state index contributed by atoms with van der Waals surface area (Å²) in [5.74, 6) is -1.37. The van der Waals surface area contributed by atoms with E-state index in [-0.39, 0.29) is 5.92 Å². The summed E-state index contributed by atoms with van der Waals surface area (Å²) in [6.07, 6.45) is 4.70. The monoisotopic (exact) mass is 486 g/mol. The summed E-state index contributed by atoms with van der Waals surface area (Å²) in [4.78, 5) is 4.20. The molecule has 1 atom stereocenters. The summed E-state index contributed by atoms with van der Waals surface area (Å²) in [5, 5.41) is 11.3. The quantitative estimate of drug-likeness (QED) is 0.193. The van der Waals surface area contributed by atoms with Gasteiger partial charge in [0.2, 0.25) is 0 Å². The van der Waals surface area contributed by atoms with Crippen LogP contribution in [0.1, 0.15) is 22.6 Å². The second-order valence-electron chi connectivity index (χ2n) is 6.20. The molecule has 0 aliphatic carbocycles. The first-order valence-corrected chi connectivity index (χ1v) is 9.44. The van der Waals surface area contributed by atoms with Gasteiger partial charge in [0, 0.05) is 24.2 Å². The van der Waals surface area contributed by atoms with Gasteiger partial charge >= 0.3 is 13.2 Å². The van der Waals surface area contributed by atoms with Crippen LogP contribution in [0.5, 0.6) is 11.5 Å². The fourth-order valence-corrected chi connectivity index (χ4v) is 3.19. The molecule has 5 nitrogen and oxygen atoms in total. The standard InChI is InChI=1S/C20H15BrF4N2O3/c21-18-4-2-14(11-26-18)15(9-12-5-7-27(28)8-6-12)13-1-3-16(29-19(22)23)17(10-13)30-20(24)25/h1-8,10-11,15,19-20H,9H2. The molecule has 30 heavy (non-hydrogen) atoms. The Morgan fingerprint density at radius 3 is 2.13 bits per heavy atom. The lowest BCUT2D eigenvalue weighted by Gasteiger charge is -2.20. The first-order valence-electron chi connectivity index (χ1n) is 8.64. The van der Waals surface area contributed by atoms with E-state index in [4.69, 9.17) is 0 Å². The van der Waals surface area contributed by atoms with E-state index >= 15 is 0 Å². The minimum Gasteiger partial charge on any atom is -0.619 e. The molecule has 0 N–H and O–H groups in total. The van der Waals surface area contributed by atoms with Crippen molar-refractivity contribution in [3.63, 3.8) is 0 Å². The minimum absolute atomic E-state index is 0.381. The summed E-state index contributed by atoms with van der Waals surface area (Å²) >= 11 is 3.26. The topological polar surface area (TPSA) is 58.3 Å². The molecule has 3 aromatic rings. The van der Waals surface area contributed by atoms with Gasteiger partial charge in [0.15, 0.2) is 23.9 Å². The van der Waals surface area contributed by atoms with Crippen LogP contribution in [0.2, 0.25) is 0 Å². The zero-order chi connectivity index (χ0) is 21.7. The number of alkyl halides is 4. The summed E-state index contributed by atoms with van der Waals surface area (Å²) in [7, 11) is 0. The number of hydrogen-bond acceptors (Lipinski definition) is 4. The lowest BCUT2D eigenvalue weighted by molar-refractivity contribution is -0.605. The van der Waals surface area contributed by atoms with Gasteiger partial charge in [-0.3, -0.25) is 0 Å². The lowest BCUT2D eigenvalue weighted by Crippen LogP contribution is -2.24. The van der Waals surface area contributed by atoms with Crippen LogP contribution in [0.15, 0.2) is 65.7 Å². The van der Waals surface area contributed by atoms with Crippen molar-refractivity contribution in [2.24, 2.45) is 0 Å². The summed E-state index contributed by atoms with van der Waals surface area (Å²) in [6.45, 7) is -6.40. The van der Waals surface area contributed by atoms with Gasteiger partial charge < -0.3 is 14.7 Å². The molecule has 1 aromatic carbocycles. The van der Waals surface area contributed by atoms with E-state index in [9.17, 15) is 22.8 Å². The fourth-order valence-electron chi connectivity index (χ4n) is 2.96. The number of benzene rings is 1. The minimum atomic E-state index is -3.21. The number of halogens is 5. The van der Waals surface area contributed by atoms with Crippen molar-refractivity contribution in [1.82, 2.24) is 4.98 Å². The van der Waals surface area contributed by atoms with Crippen LogP contribution in [-0.4, -0.2) is 18.2 Å². The maximum absolute atomic E-state index is 12.8. The predicted octanol–water partition coefficient (Wildman–Crippen LogP) is 5.05. The van der Waals surface area contributed by atoms with Crippen molar-refractivity contribution in [3.05, 3.63) is 87.6 Å². The molecule has 0 bridgehead atoms. The highest BCUT2D eigenvalue weighted by molar-refractivity contribution is 9.10. The third-order valence-corrected chi connectivity index (χ3v) is 4.73. The molecule has 10 heteroatoms. The Morgan fingerprint density at radius 2 is 1.53 bits per heavy atom. The molecule has 0 aliphatic rings. The molecule has 0 fully saturated rings. The Morgan fingerprint density at radius 1 is 0.900 bits per heavy atom. The van der Waals surface area contributed by atoms with E-state index in [1.54, 1.807) is 30.5 Å². The van der Waals surface area contributed by atoms with Crippen molar-refractivity contribution >= 4 is 15.9 Å². The predicted molar refractivity (Wildman–Crippen MR) is 103 cm³/mol. The molecule has 2 aromatic heterocycles. The van der Waals surface area contributed by atoms with Crippen molar-refractivity contribution in [2.75, 3.05) is 0 Å². The van der Waals surface area contributed by atoms with Gasteiger partial charge in [0.05, 0.1) is 0 Å². The number of aromatic nitrogens is 2. The molecular formula is C20H15BrF4N2O3. The molecule has 1 unspecified atom stereocenters. The van der Waals surface area contributed by atoms with Gasteiger partial charge in [-0.25, -0.2) is 4.98 Å². The molecule has 0 saturated heterocycles. The zero-order valence-corrected chi connectivity index (χ0v) is 16.8. The summed E-state index contributed by atoms with van der Waals surface area (Å²) in [6, 6.07) is 10.7. The van der Waals surface area contributed by atoms with E-state index in [1.807, 2.05) is 0 Å². The smallest absolute Gasteiger partial charge is 0.387 e. The van der Waals surface area contributed by atoms with Crippen LogP contribution in [0.3, 0.4) is 0 Å². The Bertz CT molecular complexity index is 973. The fraction of sp³-hybridized carbons (Fsp3) is 0.200. The van der Waals surface area contributed by atoms with Crippen molar-refractivity contribution in [1.29, 1.82) is 0 Å².